The molecule has 0 aliphatic carbocycles. The summed E-state index contributed by atoms with van der Waals surface area (Å²) in [7, 11) is -7.84. The fourth-order valence-corrected chi connectivity index (χ4v) is 5.50. The summed E-state index contributed by atoms with van der Waals surface area (Å²) in [5.74, 6) is -2.38. The molecule has 1 aliphatic rings. The summed E-state index contributed by atoms with van der Waals surface area (Å²) in [4.78, 5) is 11.9. The van der Waals surface area contributed by atoms with Gasteiger partial charge >= 0.3 is 0 Å². The minimum Gasteiger partial charge on any atom is -0.379 e. The maximum Gasteiger partial charge on any atom is 0.244 e. The molecule has 164 valence electrons. The molecule has 0 saturated carbocycles. The van der Waals surface area contributed by atoms with Crippen molar-refractivity contribution in [3.8, 4) is 0 Å². The van der Waals surface area contributed by atoms with E-state index >= 15 is 0 Å². The van der Waals surface area contributed by atoms with E-state index in [0.717, 1.165) is 12.1 Å². The number of hydrogen-bond acceptors (Lipinski definition) is 6. The van der Waals surface area contributed by atoms with Crippen LogP contribution in [0, 0.1) is 11.7 Å². The third-order valence-electron chi connectivity index (χ3n) is 4.38. The van der Waals surface area contributed by atoms with Crippen LogP contribution in [-0.4, -0.2) is 71.7 Å². The Morgan fingerprint density at radius 2 is 1.79 bits per heavy atom. The number of rotatable bonds is 9. The van der Waals surface area contributed by atoms with E-state index in [-0.39, 0.29) is 25.4 Å². The molecule has 0 radical (unpaired) electrons. The number of halogens is 1. The number of amides is 1. The highest BCUT2D eigenvalue weighted by Gasteiger charge is 2.30. The maximum absolute atomic E-state index is 13.8. The summed E-state index contributed by atoms with van der Waals surface area (Å²) < 4.78 is 72.0. The Morgan fingerprint density at radius 1 is 1.17 bits per heavy atom. The summed E-state index contributed by atoms with van der Waals surface area (Å²) >= 11 is 0. The van der Waals surface area contributed by atoms with Crippen LogP contribution in [0.3, 0.4) is 0 Å². The van der Waals surface area contributed by atoms with Crippen molar-refractivity contribution < 1.29 is 30.8 Å². The van der Waals surface area contributed by atoms with E-state index in [4.69, 9.17) is 4.74 Å². The van der Waals surface area contributed by atoms with Gasteiger partial charge in [-0.05, 0) is 18.1 Å². The van der Waals surface area contributed by atoms with E-state index < -0.39 is 48.6 Å². The Labute approximate surface area is 170 Å². The molecule has 1 fully saturated rings. The lowest BCUT2D eigenvalue weighted by molar-refractivity contribution is -0.123. The molecule has 0 unspecified atom stereocenters. The van der Waals surface area contributed by atoms with Gasteiger partial charge in [0.15, 0.2) is 0 Å². The zero-order chi connectivity index (χ0) is 21.7. The molecule has 1 aromatic carbocycles. The van der Waals surface area contributed by atoms with Gasteiger partial charge in [-0.2, -0.15) is 9.03 Å². The molecule has 12 heteroatoms. The monoisotopic (exact) mass is 451 g/mol. The second kappa shape index (κ2) is 9.94. The molecule has 9 nitrogen and oxygen atoms in total. The molecule has 0 aromatic heterocycles. The lowest BCUT2D eigenvalue weighted by Crippen LogP contribution is -2.51. The Balaban J connectivity index is 2.00. The average molecular weight is 452 g/mol. The van der Waals surface area contributed by atoms with Crippen molar-refractivity contribution in [1.82, 2.24) is 14.3 Å². The van der Waals surface area contributed by atoms with E-state index in [1.165, 1.54) is 16.4 Å². The van der Waals surface area contributed by atoms with Gasteiger partial charge in [-0.3, -0.25) is 4.79 Å². The molecule has 29 heavy (non-hydrogen) atoms. The third-order valence-corrected chi connectivity index (χ3v) is 7.73. The van der Waals surface area contributed by atoms with Gasteiger partial charge in [-0.1, -0.05) is 26.0 Å². The van der Waals surface area contributed by atoms with Crippen molar-refractivity contribution >= 4 is 26.0 Å². The molecule has 1 heterocycles. The molecule has 2 rings (SSSR count). The fourth-order valence-electron chi connectivity index (χ4n) is 2.75. The molecule has 1 aromatic rings. The first-order valence-electron chi connectivity index (χ1n) is 9.15. The second-order valence-electron chi connectivity index (χ2n) is 6.89. The van der Waals surface area contributed by atoms with Crippen molar-refractivity contribution in [1.29, 1.82) is 0 Å². The SMILES string of the molecule is CC(C)[C@H](NS(=O)(=O)c1ccccc1F)C(=O)NCCS(=O)(=O)N1CCOCC1. The molecular formula is C17H26FN3O6S2. The van der Waals surface area contributed by atoms with Gasteiger partial charge < -0.3 is 10.1 Å². The highest BCUT2D eigenvalue weighted by atomic mass is 32.2. The van der Waals surface area contributed by atoms with E-state index in [1.807, 2.05) is 0 Å². The first kappa shape index (κ1) is 23.7. The molecule has 1 amide bonds. The van der Waals surface area contributed by atoms with E-state index in [9.17, 15) is 26.0 Å². The van der Waals surface area contributed by atoms with Crippen LogP contribution >= 0.6 is 0 Å². The largest absolute Gasteiger partial charge is 0.379 e. The summed E-state index contributed by atoms with van der Waals surface area (Å²) in [5.41, 5.74) is 0. The van der Waals surface area contributed by atoms with Crippen LogP contribution in [0.2, 0.25) is 0 Å². The van der Waals surface area contributed by atoms with Crippen molar-refractivity contribution in [2.45, 2.75) is 24.8 Å². The maximum atomic E-state index is 13.8. The summed E-state index contributed by atoms with van der Waals surface area (Å²) in [5, 5.41) is 2.45. The molecule has 1 saturated heterocycles. The number of ether oxygens (including phenoxy) is 1. The summed E-state index contributed by atoms with van der Waals surface area (Å²) in [6, 6.07) is 3.65. The van der Waals surface area contributed by atoms with Gasteiger partial charge in [0.25, 0.3) is 0 Å². The summed E-state index contributed by atoms with van der Waals surface area (Å²) in [6.07, 6.45) is 0. The zero-order valence-corrected chi connectivity index (χ0v) is 17.9. The Kier molecular flexibility index (Phi) is 8.11. The highest BCUT2D eigenvalue weighted by molar-refractivity contribution is 7.89. The molecular weight excluding hydrogens is 425 g/mol. The van der Waals surface area contributed by atoms with E-state index in [1.54, 1.807) is 13.8 Å². The Hall–Kier alpha value is -1.60. The van der Waals surface area contributed by atoms with Crippen molar-refractivity contribution in [2.24, 2.45) is 5.92 Å². The van der Waals surface area contributed by atoms with Gasteiger partial charge in [-0.15, -0.1) is 0 Å². The van der Waals surface area contributed by atoms with Crippen LogP contribution in [0.25, 0.3) is 0 Å². The Morgan fingerprint density at radius 3 is 2.38 bits per heavy atom. The number of nitrogens with zero attached hydrogens (tertiary/aromatic N) is 1. The molecule has 1 atom stereocenters. The lowest BCUT2D eigenvalue weighted by atomic mass is 10.1. The van der Waals surface area contributed by atoms with Gasteiger partial charge in [0.2, 0.25) is 26.0 Å². The smallest absolute Gasteiger partial charge is 0.244 e. The zero-order valence-electron chi connectivity index (χ0n) is 16.3. The number of carbonyl (C=O) groups excluding carboxylic acids is 1. The molecule has 2 N–H and O–H groups in total. The van der Waals surface area contributed by atoms with Gasteiger partial charge in [-0.25, -0.2) is 21.2 Å². The van der Waals surface area contributed by atoms with Gasteiger partial charge in [0.05, 0.1) is 19.0 Å². The highest BCUT2D eigenvalue weighted by Crippen LogP contribution is 2.15. The number of carbonyl (C=O) groups is 1. The lowest BCUT2D eigenvalue weighted by Gasteiger charge is -2.26. The van der Waals surface area contributed by atoms with Crippen molar-refractivity contribution in [3.05, 3.63) is 30.1 Å². The average Bonchev–Trinajstić information content (AvgIpc) is 2.66. The first-order chi connectivity index (χ1) is 13.5. The van der Waals surface area contributed by atoms with Crippen LogP contribution in [0.5, 0.6) is 0 Å². The minimum absolute atomic E-state index is 0.177. The number of nitrogens with one attached hydrogen (secondary N) is 2. The number of sulfonamides is 2. The van der Waals surface area contributed by atoms with Crippen LogP contribution in [0.1, 0.15) is 13.8 Å². The van der Waals surface area contributed by atoms with Gasteiger partial charge in [0, 0.05) is 19.6 Å². The first-order valence-corrected chi connectivity index (χ1v) is 12.2. The normalized spacial score (nSPS) is 17.2. The van der Waals surface area contributed by atoms with Crippen LogP contribution in [0.4, 0.5) is 4.39 Å². The predicted octanol–water partition coefficient (Wildman–Crippen LogP) is -0.0932. The standard InChI is InChI=1S/C17H26FN3O6S2/c1-13(2)16(20-29(25,26)15-6-4-3-5-14(15)18)17(22)19-7-12-28(23,24)21-8-10-27-11-9-21/h3-6,13,16,20H,7-12H2,1-2H3,(H,19,22)/t16-/m0/s1. The predicted molar refractivity (Wildman–Crippen MR) is 105 cm³/mol. The fraction of sp³-hybridized carbons (Fsp3) is 0.588. The number of benzene rings is 1. The number of hydrogen-bond donors (Lipinski definition) is 2. The van der Waals surface area contributed by atoms with Crippen molar-refractivity contribution in [3.63, 3.8) is 0 Å². The van der Waals surface area contributed by atoms with Crippen LogP contribution in [-0.2, 0) is 29.6 Å². The minimum atomic E-state index is -4.28. The van der Waals surface area contributed by atoms with Crippen LogP contribution in [0.15, 0.2) is 29.2 Å². The van der Waals surface area contributed by atoms with Crippen molar-refractivity contribution in [2.75, 3.05) is 38.6 Å². The molecule has 1 aliphatic heterocycles. The summed E-state index contributed by atoms with van der Waals surface area (Å²) in [6.45, 7) is 4.22. The Bertz CT molecular complexity index is 915. The van der Waals surface area contributed by atoms with Crippen LogP contribution < -0.4 is 10.0 Å². The number of morpholine rings is 1. The quantitative estimate of drug-likeness (QED) is 0.541. The second-order valence-corrected chi connectivity index (χ2v) is 10.7. The van der Waals surface area contributed by atoms with E-state index in [0.29, 0.717) is 13.2 Å². The third kappa shape index (κ3) is 6.44. The topological polar surface area (TPSA) is 122 Å². The molecule has 0 spiro atoms. The molecule has 0 bridgehead atoms. The van der Waals surface area contributed by atoms with E-state index in [2.05, 4.69) is 10.0 Å². The van der Waals surface area contributed by atoms with Gasteiger partial charge in [0.1, 0.15) is 16.8 Å².